The van der Waals surface area contributed by atoms with Crippen LogP contribution in [0.5, 0.6) is 0 Å². The van der Waals surface area contributed by atoms with Crippen LogP contribution < -0.4 is 0 Å². The van der Waals surface area contributed by atoms with Gasteiger partial charge in [-0.05, 0) is 92.1 Å². The van der Waals surface area contributed by atoms with E-state index in [0.717, 1.165) is 46.9 Å². The summed E-state index contributed by atoms with van der Waals surface area (Å²) < 4.78 is 15.0. The fourth-order valence-electron chi connectivity index (χ4n) is 6.44. The molecule has 2 fully saturated rings. The Labute approximate surface area is 189 Å². The molecule has 1 heteroatoms. The summed E-state index contributed by atoms with van der Waals surface area (Å²) in [5.41, 5.74) is 2.28. The molecule has 0 radical (unpaired) electrons. The lowest BCUT2D eigenvalue weighted by atomic mass is 9.63. The van der Waals surface area contributed by atoms with E-state index in [2.05, 4.69) is 37.3 Å². The predicted molar refractivity (Wildman–Crippen MR) is 132 cm³/mol. The number of benzene rings is 2. The first kappa shape index (κ1) is 22.6. The third-order valence-corrected chi connectivity index (χ3v) is 8.28. The van der Waals surface area contributed by atoms with Crippen LogP contribution in [0, 0.1) is 23.6 Å². The minimum absolute atomic E-state index is 0.0151. The Kier molecular flexibility index (Phi) is 7.86. The summed E-state index contributed by atoms with van der Waals surface area (Å²) in [5, 5.41) is 1.87. The highest BCUT2D eigenvalue weighted by atomic mass is 19.1. The molecule has 2 aromatic carbocycles. The van der Waals surface area contributed by atoms with Crippen LogP contribution in [0.1, 0.15) is 102 Å². The lowest BCUT2D eigenvalue weighted by molar-refractivity contribution is 0.113. The number of fused-ring (bicyclic) bond motifs is 2. The second-order valence-electron chi connectivity index (χ2n) is 10.3. The topological polar surface area (TPSA) is 0 Å². The van der Waals surface area contributed by atoms with Crippen molar-refractivity contribution < 1.29 is 4.39 Å². The summed E-state index contributed by atoms with van der Waals surface area (Å²) in [6, 6.07) is 10.7. The quantitative estimate of drug-likeness (QED) is 0.295. The standard InChI is InChI=1S/C30H41F/c1-3-5-7-9-22-11-12-25-20-26(15-14-24(25)19-22)27-17-18-29-28(21-27)16-13-23(30(29)31)10-8-6-4-2/h4,6,13,16-18,21-22,24-26H,3,5,7-12,14-15,19-20H2,1-2H3. The fraction of sp³-hybridized carbons (Fsp3) is 0.600. The van der Waals surface area contributed by atoms with Gasteiger partial charge >= 0.3 is 0 Å². The van der Waals surface area contributed by atoms with Crippen molar-refractivity contribution in [1.82, 2.24) is 0 Å². The maximum Gasteiger partial charge on any atom is 0.134 e. The van der Waals surface area contributed by atoms with E-state index in [1.165, 1.54) is 69.8 Å². The van der Waals surface area contributed by atoms with Gasteiger partial charge in [0.25, 0.3) is 0 Å². The van der Waals surface area contributed by atoms with Gasteiger partial charge in [-0.1, -0.05) is 81.5 Å². The third-order valence-electron chi connectivity index (χ3n) is 8.28. The van der Waals surface area contributed by atoms with E-state index in [1.807, 2.05) is 19.1 Å². The highest BCUT2D eigenvalue weighted by Gasteiger charge is 2.35. The summed E-state index contributed by atoms with van der Waals surface area (Å²) >= 11 is 0. The number of unbranched alkanes of at least 4 members (excludes halogenated alkanes) is 2. The number of aryl methyl sites for hydroxylation is 1. The van der Waals surface area contributed by atoms with E-state index in [9.17, 15) is 0 Å². The van der Waals surface area contributed by atoms with Crippen molar-refractivity contribution in [3.8, 4) is 0 Å². The number of hydrogen-bond donors (Lipinski definition) is 0. The molecule has 4 atom stereocenters. The molecule has 0 N–H and O–H groups in total. The summed E-state index contributed by atoms with van der Waals surface area (Å²) in [7, 11) is 0. The zero-order chi connectivity index (χ0) is 21.6. The molecule has 0 aliphatic heterocycles. The molecule has 0 heterocycles. The zero-order valence-corrected chi connectivity index (χ0v) is 19.7. The molecule has 2 aromatic rings. The number of halogens is 1. The minimum Gasteiger partial charge on any atom is -0.206 e. The van der Waals surface area contributed by atoms with E-state index >= 15 is 4.39 Å². The van der Waals surface area contributed by atoms with Crippen LogP contribution in [-0.2, 0) is 6.42 Å². The van der Waals surface area contributed by atoms with Gasteiger partial charge in [0.15, 0.2) is 0 Å². The monoisotopic (exact) mass is 420 g/mol. The van der Waals surface area contributed by atoms with E-state index < -0.39 is 0 Å². The lowest BCUT2D eigenvalue weighted by Crippen LogP contribution is -2.30. The lowest BCUT2D eigenvalue weighted by Gasteiger charge is -2.42. The molecule has 0 bridgehead atoms. The number of allylic oxidation sites excluding steroid dienone is 2. The molecule has 0 aromatic heterocycles. The summed E-state index contributed by atoms with van der Waals surface area (Å²) in [6.07, 6.45) is 19.9. The van der Waals surface area contributed by atoms with Gasteiger partial charge in [-0.2, -0.15) is 0 Å². The first-order chi connectivity index (χ1) is 15.2. The van der Waals surface area contributed by atoms with Gasteiger partial charge in [0.1, 0.15) is 5.82 Å². The Bertz CT molecular complexity index is 879. The smallest absolute Gasteiger partial charge is 0.134 e. The molecule has 2 saturated carbocycles. The van der Waals surface area contributed by atoms with Crippen molar-refractivity contribution in [2.24, 2.45) is 17.8 Å². The summed E-state index contributed by atoms with van der Waals surface area (Å²) in [6.45, 7) is 4.33. The maximum atomic E-state index is 15.0. The molecule has 0 nitrogen and oxygen atoms in total. The SMILES string of the molecule is CC=CCCc1ccc2cc(C3CCC4CC(CCCCC)CCC4C3)ccc2c1F. The summed E-state index contributed by atoms with van der Waals surface area (Å²) in [4.78, 5) is 0. The Hall–Kier alpha value is -1.63. The Morgan fingerprint density at radius 3 is 2.65 bits per heavy atom. The van der Waals surface area contributed by atoms with Crippen LogP contribution in [0.4, 0.5) is 4.39 Å². The van der Waals surface area contributed by atoms with E-state index in [4.69, 9.17) is 0 Å². The highest BCUT2D eigenvalue weighted by molar-refractivity contribution is 5.84. The van der Waals surface area contributed by atoms with Gasteiger partial charge in [0.05, 0.1) is 0 Å². The number of hydrogen-bond acceptors (Lipinski definition) is 0. The Morgan fingerprint density at radius 2 is 1.81 bits per heavy atom. The normalized spacial score (nSPS) is 26.4. The van der Waals surface area contributed by atoms with Crippen LogP contribution >= 0.6 is 0 Å². The van der Waals surface area contributed by atoms with E-state index in [0.29, 0.717) is 5.92 Å². The molecular formula is C30H41F. The van der Waals surface area contributed by atoms with Crippen molar-refractivity contribution in [2.75, 3.05) is 0 Å². The van der Waals surface area contributed by atoms with E-state index in [-0.39, 0.29) is 5.82 Å². The van der Waals surface area contributed by atoms with Crippen molar-refractivity contribution in [3.05, 3.63) is 59.4 Å². The van der Waals surface area contributed by atoms with Crippen molar-refractivity contribution in [3.63, 3.8) is 0 Å². The van der Waals surface area contributed by atoms with Gasteiger partial charge < -0.3 is 0 Å². The molecule has 2 aliphatic carbocycles. The van der Waals surface area contributed by atoms with Gasteiger partial charge in [-0.25, -0.2) is 4.39 Å². The van der Waals surface area contributed by atoms with Crippen LogP contribution in [-0.4, -0.2) is 0 Å². The predicted octanol–water partition coefficient (Wildman–Crippen LogP) is 9.37. The molecule has 4 unspecified atom stereocenters. The van der Waals surface area contributed by atoms with E-state index in [1.54, 1.807) is 0 Å². The van der Waals surface area contributed by atoms with Crippen LogP contribution in [0.25, 0.3) is 10.8 Å². The summed E-state index contributed by atoms with van der Waals surface area (Å²) in [5.74, 6) is 3.53. The second kappa shape index (κ2) is 10.8. The Balaban J connectivity index is 1.40. The fourth-order valence-corrected chi connectivity index (χ4v) is 6.44. The van der Waals surface area contributed by atoms with Gasteiger partial charge in [-0.3, -0.25) is 0 Å². The van der Waals surface area contributed by atoms with Crippen molar-refractivity contribution in [1.29, 1.82) is 0 Å². The largest absolute Gasteiger partial charge is 0.206 e. The average Bonchev–Trinajstić information content (AvgIpc) is 2.80. The second-order valence-corrected chi connectivity index (χ2v) is 10.3. The van der Waals surface area contributed by atoms with Crippen LogP contribution in [0.15, 0.2) is 42.5 Å². The van der Waals surface area contributed by atoms with Crippen molar-refractivity contribution >= 4 is 10.8 Å². The van der Waals surface area contributed by atoms with Crippen LogP contribution in [0.3, 0.4) is 0 Å². The molecule has 2 aliphatic rings. The average molecular weight is 421 g/mol. The molecular weight excluding hydrogens is 379 g/mol. The van der Waals surface area contributed by atoms with Crippen molar-refractivity contribution in [2.45, 2.75) is 96.8 Å². The molecule has 168 valence electrons. The third kappa shape index (κ3) is 5.41. The number of rotatable bonds is 8. The van der Waals surface area contributed by atoms with Crippen LogP contribution in [0.2, 0.25) is 0 Å². The minimum atomic E-state index is -0.0151. The van der Waals surface area contributed by atoms with Gasteiger partial charge in [0.2, 0.25) is 0 Å². The van der Waals surface area contributed by atoms with Gasteiger partial charge in [-0.15, -0.1) is 0 Å². The first-order valence-corrected chi connectivity index (χ1v) is 13.0. The maximum absolute atomic E-state index is 15.0. The molecule has 31 heavy (non-hydrogen) atoms. The van der Waals surface area contributed by atoms with Gasteiger partial charge in [0, 0.05) is 5.39 Å². The first-order valence-electron chi connectivity index (χ1n) is 13.0. The Morgan fingerprint density at radius 1 is 0.968 bits per heavy atom. The zero-order valence-electron chi connectivity index (χ0n) is 19.7. The molecule has 0 spiro atoms. The molecule has 0 saturated heterocycles. The molecule has 0 amide bonds. The molecule has 4 rings (SSSR count). The highest BCUT2D eigenvalue weighted by Crippen LogP contribution is 2.48.